The van der Waals surface area contributed by atoms with Gasteiger partial charge < -0.3 is 15.4 Å². The average molecular weight is 425 g/mol. The highest BCUT2D eigenvalue weighted by atomic mass is 19.4. The number of nitrogens with one attached hydrogen (secondary N) is 2. The molecule has 8 nitrogen and oxygen atoms in total. The quantitative estimate of drug-likeness (QED) is 0.395. The Morgan fingerprint density at radius 3 is 2.37 bits per heavy atom. The lowest BCUT2D eigenvalue weighted by molar-refractivity contribution is -0.384. The maximum atomic E-state index is 12.7. The highest BCUT2D eigenvalue weighted by Gasteiger charge is 2.33. The molecular formula is C19H18F3N3O5. The van der Waals surface area contributed by atoms with E-state index in [0.29, 0.717) is 17.8 Å². The van der Waals surface area contributed by atoms with E-state index in [9.17, 15) is 32.9 Å². The maximum Gasteiger partial charge on any atom is 0.416 e. The Morgan fingerprint density at radius 2 is 1.80 bits per heavy atom. The summed E-state index contributed by atoms with van der Waals surface area (Å²) in [5, 5.41) is 16.0. The largest absolute Gasteiger partial charge is 0.451 e. The van der Waals surface area contributed by atoms with Gasteiger partial charge in [0.25, 0.3) is 11.6 Å². The molecule has 160 valence electrons. The third-order valence-electron chi connectivity index (χ3n) is 3.94. The molecule has 0 aliphatic heterocycles. The van der Waals surface area contributed by atoms with Crippen LogP contribution >= 0.6 is 0 Å². The van der Waals surface area contributed by atoms with Crippen LogP contribution < -0.4 is 10.6 Å². The third-order valence-corrected chi connectivity index (χ3v) is 3.94. The second kappa shape index (κ2) is 9.25. The number of rotatable bonds is 7. The smallest absolute Gasteiger partial charge is 0.416 e. The van der Waals surface area contributed by atoms with Crippen molar-refractivity contribution in [2.45, 2.75) is 26.1 Å². The minimum Gasteiger partial charge on any atom is -0.451 e. The molecule has 0 saturated carbocycles. The van der Waals surface area contributed by atoms with Gasteiger partial charge in [-0.15, -0.1) is 0 Å². The molecule has 1 unspecified atom stereocenters. The van der Waals surface area contributed by atoms with Gasteiger partial charge >= 0.3 is 12.1 Å². The van der Waals surface area contributed by atoms with Crippen LogP contribution in [-0.2, 0) is 20.5 Å². The van der Waals surface area contributed by atoms with E-state index in [1.807, 2.05) is 6.92 Å². The van der Waals surface area contributed by atoms with Gasteiger partial charge in [0.1, 0.15) is 12.2 Å². The first-order valence-corrected chi connectivity index (χ1v) is 8.64. The number of nitro groups is 1. The number of anilines is 2. The Kier molecular flexibility index (Phi) is 6.98. The molecule has 0 saturated heterocycles. The van der Waals surface area contributed by atoms with Gasteiger partial charge in [0.15, 0.2) is 6.10 Å². The van der Waals surface area contributed by atoms with Crippen LogP contribution in [0.25, 0.3) is 0 Å². The number of carbonyl (C=O) groups is 2. The zero-order valence-corrected chi connectivity index (χ0v) is 15.9. The number of ether oxygens (including phenoxy) is 1. The molecule has 2 N–H and O–H groups in total. The number of nitro benzene ring substituents is 1. The van der Waals surface area contributed by atoms with Crippen LogP contribution in [-0.4, -0.2) is 29.4 Å². The Hall–Kier alpha value is -3.63. The number of amides is 1. The molecule has 2 aromatic carbocycles. The summed E-state index contributed by atoms with van der Waals surface area (Å²) >= 11 is 0. The van der Waals surface area contributed by atoms with E-state index in [1.54, 1.807) is 24.3 Å². The van der Waals surface area contributed by atoms with E-state index in [2.05, 4.69) is 10.6 Å². The van der Waals surface area contributed by atoms with Crippen LogP contribution in [0.3, 0.4) is 0 Å². The van der Waals surface area contributed by atoms with Crippen molar-refractivity contribution in [2.75, 3.05) is 17.2 Å². The van der Waals surface area contributed by atoms with Crippen LogP contribution in [0.5, 0.6) is 0 Å². The molecule has 0 bridgehead atoms. The zero-order chi connectivity index (χ0) is 22.5. The summed E-state index contributed by atoms with van der Waals surface area (Å²) in [6.07, 6.45) is -5.91. The molecule has 1 atom stereocenters. The molecule has 0 heterocycles. The summed E-state index contributed by atoms with van der Waals surface area (Å²) in [6.45, 7) is 2.63. The van der Waals surface area contributed by atoms with Gasteiger partial charge in [-0.05, 0) is 38.1 Å². The van der Waals surface area contributed by atoms with E-state index in [1.165, 1.54) is 6.92 Å². The van der Waals surface area contributed by atoms with E-state index >= 15 is 0 Å². The fourth-order valence-corrected chi connectivity index (χ4v) is 2.35. The summed E-state index contributed by atoms with van der Waals surface area (Å²) in [4.78, 5) is 34.0. The number of esters is 1. The highest BCUT2D eigenvalue weighted by molar-refractivity contribution is 5.95. The van der Waals surface area contributed by atoms with Crippen molar-refractivity contribution in [3.05, 3.63) is 63.7 Å². The summed E-state index contributed by atoms with van der Waals surface area (Å²) < 4.78 is 43.1. The van der Waals surface area contributed by atoms with Crippen LogP contribution in [0.1, 0.15) is 18.1 Å². The van der Waals surface area contributed by atoms with Crippen LogP contribution in [0.15, 0.2) is 42.5 Å². The van der Waals surface area contributed by atoms with Gasteiger partial charge in [-0.2, -0.15) is 13.2 Å². The Balaban J connectivity index is 1.95. The van der Waals surface area contributed by atoms with Crippen molar-refractivity contribution in [3.63, 3.8) is 0 Å². The molecule has 2 rings (SSSR count). The number of hydrogen-bond acceptors (Lipinski definition) is 6. The van der Waals surface area contributed by atoms with Crippen LogP contribution in [0, 0.1) is 17.0 Å². The normalized spacial score (nSPS) is 12.0. The van der Waals surface area contributed by atoms with Crippen molar-refractivity contribution in [2.24, 2.45) is 0 Å². The molecule has 0 spiro atoms. The molecule has 0 aliphatic rings. The molecule has 11 heteroatoms. The Labute approximate surface area is 169 Å². The molecule has 0 aliphatic carbocycles. The predicted octanol–water partition coefficient (Wildman–Crippen LogP) is 3.90. The van der Waals surface area contributed by atoms with E-state index in [4.69, 9.17) is 4.74 Å². The molecule has 0 fully saturated rings. The van der Waals surface area contributed by atoms with E-state index in [0.717, 1.165) is 11.6 Å². The standard InChI is InChI=1S/C19H18F3N3O5/c1-11-3-6-14(7-4-11)24-18(27)12(2)30-17(26)10-23-15-8-5-13(19(20,21)22)9-16(15)25(28)29/h3-9,12,23H,10H2,1-2H3,(H,24,27). The number of aryl methyl sites for hydroxylation is 1. The average Bonchev–Trinajstić information content (AvgIpc) is 2.67. The van der Waals surface area contributed by atoms with E-state index in [-0.39, 0.29) is 5.69 Å². The fraction of sp³-hybridized carbons (Fsp3) is 0.263. The lowest BCUT2D eigenvalue weighted by Crippen LogP contribution is -2.32. The second-order valence-electron chi connectivity index (χ2n) is 6.33. The van der Waals surface area contributed by atoms with Gasteiger partial charge in [-0.3, -0.25) is 19.7 Å². The SMILES string of the molecule is Cc1ccc(NC(=O)C(C)OC(=O)CNc2ccc(C(F)(F)F)cc2[N+](=O)[O-])cc1. The van der Waals surface area contributed by atoms with Crippen molar-refractivity contribution in [3.8, 4) is 0 Å². The molecule has 0 radical (unpaired) electrons. The summed E-state index contributed by atoms with van der Waals surface area (Å²) in [7, 11) is 0. The minimum atomic E-state index is -4.75. The summed E-state index contributed by atoms with van der Waals surface area (Å²) in [5.41, 5.74) is -0.823. The number of hydrogen-bond donors (Lipinski definition) is 2. The number of benzene rings is 2. The second-order valence-corrected chi connectivity index (χ2v) is 6.33. The summed E-state index contributed by atoms with van der Waals surface area (Å²) in [6, 6.07) is 8.78. The first-order valence-electron chi connectivity index (χ1n) is 8.64. The molecule has 2 aromatic rings. The third kappa shape index (κ3) is 6.19. The minimum absolute atomic E-state index is 0.290. The van der Waals surface area contributed by atoms with E-state index < -0.39 is 46.9 Å². The maximum absolute atomic E-state index is 12.7. The predicted molar refractivity (Wildman–Crippen MR) is 102 cm³/mol. The molecule has 30 heavy (non-hydrogen) atoms. The monoisotopic (exact) mass is 425 g/mol. The lowest BCUT2D eigenvalue weighted by Gasteiger charge is -2.14. The van der Waals surface area contributed by atoms with Gasteiger partial charge in [-0.1, -0.05) is 17.7 Å². The van der Waals surface area contributed by atoms with Gasteiger partial charge in [-0.25, -0.2) is 0 Å². The first-order chi connectivity index (χ1) is 14.0. The number of carbonyl (C=O) groups excluding carboxylic acids is 2. The molecule has 0 aromatic heterocycles. The van der Waals surface area contributed by atoms with Gasteiger partial charge in [0.05, 0.1) is 10.5 Å². The van der Waals surface area contributed by atoms with Crippen molar-refractivity contribution >= 4 is 28.9 Å². The van der Waals surface area contributed by atoms with Gasteiger partial charge in [0.2, 0.25) is 0 Å². The number of halogens is 3. The van der Waals surface area contributed by atoms with Crippen LogP contribution in [0.2, 0.25) is 0 Å². The molecule has 1 amide bonds. The highest BCUT2D eigenvalue weighted by Crippen LogP contribution is 2.34. The Morgan fingerprint density at radius 1 is 1.17 bits per heavy atom. The summed E-state index contributed by atoms with van der Waals surface area (Å²) in [5.74, 6) is -1.51. The molecular weight excluding hydrogens is 407 g/mol. The van der Waals surface area contributed by atoms with Crippen molar-refractivity contribution in [1.82, 2.24) is 0 Å². The topological polar surface area (TPSA) is 111 Å². The van der Waals surface area contributed by atoms with Crippen molar-refractivity contribution in [1.29, 1.82) is 0 Å². The lowest BCUT2D eigenvalue weighted by atomic mass is 10.1. The van der Waals surface area contributed by atoms with Crippen LogP contribution in [0.4, 0.5) is 30.2 Å². The zero-order valence-electron chi connectivity index (χ0n) is 15.9. The van der Waals surface area contributed by atoms with Crippen molar-refractivity contribution < 1.29 is 32.4 Å². The number of nitrogens with zero attached hydrogens (tertiary/aromatic N) is 1. The Bertz CT molecular complexity index is 945. The fourth-order valence-electron chi connectivity index (χ4n) is 2.35. The number of alkyl halides is 3. The first kappa shape index (κ1) is 22.7. The van der Waals surface area contributed by atoms with Gasteiger partial charge in [0, 0.05) is 11.8 Å².